The van der Waals surface area contributed by atoms with Gasteiger partial charge in [0.25, 0.3) is 0 Å². The predicted molar refractivity (Wildman–Crippen MR) is 54.0 cm³/mol. The van der Waals surface area contributed by atoms with Gasteiger partial charge in [-0.25, -0.2) is 6.42 Å². The molecular weight excluding hydrogens is 519 g/mol. The van der Waals surface area contributed by atoms with E-state index in [2.05, 4.69) is 32.5 Å². The van der Waals surface area contributed by atoms with Crippen molar-refractivity contribution in [3.8, 4) is 0 Å². The summed E-state index contributed by atoms with van der Waals surface area (Å²) < 4.78 is 0. The van der Waals surface area contributed by atoms with Gasteiger partial charge in [0, 0.05) is 40.8 Å². The SMILES string of the molecule is CC(C)C.[CH-]1CC12CCNCC2.[Re].[Re]. The van der Waals surface area contributed by atoms with Gasteiger partial charge in [-0.1, -0.05) is 33.6 Å². The van der Waals surface area contributed by atoms with Crippen LogP contribution in [0.15, 0.2) is 0 Å². The van der Waals surface area contributed by atoms with Gasteiger partial charge in [0.1, 0.15) is 0 Å². The molecule has 1 aliphatic carbocycles. The van der Waals surface area contributed by atoms with Gasteiger partial charge in [-0.3, -0.25) is 0 Å². The molecule has 0 amide bonds. The third kappa shape index (κ3) is 7.56. The van der Waals surface area contributed by atoms with Crippen molar-refractivity contribution in [1.82, 2.24) is 5.32 Å². The van der Waals surface area contributed by atoms with Gasteiger partial charge in [0.2, 0.25) is 0 Å². The summed E-state index contributed by atoms with van der Waals surface area (Å²) in [5, 5.41) is 3.36. The second-order valence-corrected chi connectivity index (χ2v) is 4.75. The zero-order valence-corrected chi connectivity index (χ0v) is 14.9. The maximum atomic E-state index is 3.36. The fourth-order valence-corrected chi connectivity index (χ4v) is 1.48. The molecule has 1 N–H and O–H groups in total. The van der Waals surface area contributed by atoms with Gasteiger partial charge >= 0.3 is 0 Å². The molecule has 2 rings (SSSR count). The van der Waals surface area contributed by atoms with Crippen LogP contribution in [-0.4, -0.2) is 13.1 Å². The molecule has 2 aliphatic rings. The Bertz CT molecular complexity index is 122. The molecule has 3 heteroatoms. The molecule has 0 aromatic carbocycles. The van der Waals surface area contributed by atoms with Gasteiger partial charge in [-0.2, -0.15) is 5.41 Å². The number of rotatable bonds is 0. The minimum absolute atomic E-state index is 0. The van der Waals surface area contributed by atoms with Crippen molar-refractivity contribution in [2.24, 2.45) is 11.3 Å². The van der Waals surface area contributed by atoms with Crippen molar-refractivity contribution < 1.29 is 40.8 Å². The summed E-state index contributed by atoms with van der Waals surface area (Å²) in [6, 6.07) is 0. The minimum Gasteiger partial charge on any atom is -0.327 e. The predicted octanol–water partition coefficient (Wildman–Crippen LogP) is 2.62. The topological polar surface area (TPSA) is 12.0 Å². The Kier molecular flexibility index (Phi) is 10.7. The summed E-state index contributed by atoms with van der Waals surface area (Å²) >= 11 is 0. The standard InChI is InChI=1S/C7H12N.C4H10.2Re/c1-2-7(1)3-5-8-6-4-7;1-4(2)3;;/h1,8H,2-6H2;4H,1-3H3;;/q-1;;;. The molecular formula is C11H22NRe2-. The van der Waals surface area contributed by atoms with E-state index in [1.54, 1.807) is 0 Å². The van der Waals surface area contributed by atoms with E-state index in [-0.39, 0.29) is 40.8 Å². The number of hydrogen-bond donors (Lipinski definition) is 1. The van der Waals surface area contributed by atoms with Crippen molar-refractivity contribution in [1.29, 1.82) is 0 Å². The molecule has 0 bridgehead atoms. The van der Waals surface area contributed by atoms with E-state index < -0.39 is 0 Å². The monoisotopic (exact) mass is 542 g/mol. The fraction of sp³-hybridized carbons (Fsp3) is 0.909. The Morgan fingerprint density at radius 3 is 1.64 bits per heavy atom. The average Bonchev–Trinajstić information content (AvgIpc) is 2.70. The van der Waals surface area contributed by atoms with Crippen LogP contribution in [0.1, 0.15) is 40.0 Å². The number of piperidine rings is 1. The quantitative estimate of drug-likeness (QED) is 0.466. The van der Waals surface area contributed by atoms with Crippen molar-refractivity contribution in [3.63, 3.8) is 0 Å². The second-order valence-electron chi connectivity index (χ2n) is 4.75. The van der Waals surface area contributed by atoms with E-state index in [0.717, 1.165) is 11.3 Å². The Labute approximate surface area is 116 Å². The molecule has 1 saturated carbocycles. The average molecular weight is 541 g/mol. The van der Waals surface area contributed by atoms with Crippen molar-refractivity contribution in [2.75, 3.05) is 13.1 Å². The van der Waals surface area contributed by atoms with E-state index in [1.165, 1.54) is 32.4 Å². The molecule has 1 nitrogen and oxygen atoms in total. The van der Waals surface area contributed by atoms with Gasteiger partial charge in [-0.15, -0.1) is 0 Å². The first-order valence-corrected chi connectivity index (χ1v) is 5.20. The van der Waals surface area contributed by atoms with Crippen LogP contribution in [0, 0.1) is 17.8 Å². The summed E-state index contributed by atoms with van der Waals surface area (Å²) in [6.45, 7) is 8.99. The Balaban J connectivity index is 0. The van der Waals surface area contributed by atoms with Gasteiger partial charge in [0.15, 0.2) is 0 Å². The van der Waals surface area contributed by atoms with Crippen LogP contribution in [-0.2, 0) is 40.8 Å². The number of hydrogen-bond acceptors (Lipinski definition) is 1. The molecule has 2 fully saturated rings. The molecule has 0 aromatic rings. The van der Waals surface area contributed by atoms with E-state index in [0.29, 0.717) is 0 Å². The summed E-state index contributed by atoms with van der Waals surface area (Å²) in [7, 11) is 0. The summed E-state index contributed by atoms with van der Waals surface area (Å²) in [5.41, 5.74) is 0.741. The van der Waals surface area contributed by atoms with Crippen molar-refractivity contribution >= 4 is 0 Å². The van der Waals surface area contributed by atoms with E-state index >= 15 is 0 Å². The van der Waals surface area contributed by atoms with Gasteiger partial charge < -0.3 is 11.7 Å². The largest absolute Gasteiger partial charge is 0.327 e. The Morgan fingerprint density at radius 1 is 1.07 bits per heavy atom. The zero-order valence-electron chi connectivity index (χ0n) is 9.45. The van der Waals surface area contributed by atoms with Crippen LogP contribution < -0.4 is 5.32 Å². The fourth-order valence-electron chi connectivity index (χ4n) is 1.48. The third-order valence-electron chi connectivity index (χ3n) is 2.38. The van der Waals surface area contributed by atoms with Gasteiger partial charge in [0.05, 0.1) is 0 Å². The first kappa shape index (κ1) is 17.7. The van der Waals surface area contributed by atoms with Crippen LogP contribution in [0.2, 0.25) is 0 Å². The zero-order chi connectivity index (χ0) is 9.03. The van der Waals surface area contributed by atoms with Crippen molar-refractivity contribution in [2.45, 2.75) is 40.0 Å². The molecule has 86 valence electrons. The molecule has 1 saturated heterocycles. The molecule has 0 atom stereocenters. The molecule has 0 aromatic heterocycles. The normalized spacial score (nSPS) is 21.4. The Morgan fingerprint density at radius 2 is 1.43 bits per heavy atom. The Hall–Kier alpha value is 1.28. The summed E-state index contributed by atoms with van der Waals surface area (Å²) in [6.07, 6.45) is 6.66. The van der Waals surface area contributed by atoms with Crippen LogP contribution in [0.4, 0.5) is 0 Å². The van der Waals surface area contributed by atoms with Gasteiger partial charge in [-0.05, 0) is 19.0 Å². The first-order chi connectivity index (χ1) is 5.65. The minimum atomic E-state index is 0. The third-order valence-corrected chi connectivity index (χ3v) is 2.38. The summed E-state index contributed by atoms with van der Waals surface area (Å²) in [5.74, 6) is 0.833. The summed E-state index contributed by atoms with van der Waals surface area (Å²) in [4.78, 5) is 0. The van der Waals surface area contributed by atoms with Crippen LogP contribution in [0.5, 0.6) is 0 Å². The molecule has 14 heavy (non-hydrogen) atoms. The molecule has 0 unspecified atom stereocenters. The first-order valence-electron chi connectivity index (χ1n) is 5.20. The smallest absolute Gasteiger partial charge is 0 e. The molecule has 1 heterocycles. The van der Waals surface area contributed by atoms with Crippen LogP contribution in [0.3, 0.4) is 0 Å². The number of nitrogens with one attached hydrogen (secondary N) is 1. The molecule has 1 spiro atoms. The maximum absolute atomic E-state index is 3.36. The molecule has 1 aliphatic heterocycles. The van der Waals surface area contributed by atoms with E-state index in [4.69, 9.17) is 0 Å². The van der Waals surface area contributed by atoms with Crippen LogP contribution >= 0.6 is 0 Å². The maximum Gasteiger partial charge on any atom is 0 e. The van der Waals surface area contributed by atoms with E-state index in [9.17, 15) is 0 Å². The second kappa shape index (κ2) is 8.44. The van der Waals surface area contributed by atoms with E-state index in [1.807, 2.05) is 0 Å². The van der Waals surface area contributed by atoms with Crippen LogP contribution in [0.25, 0.3) is 0 Å². The van der Waals surface area contributed by atoms with Crippen molar-refractivity contribution in [3.05, 3.63) is 6.42 Å². The molecule has 2 radical (unpaired) electrons.